The first kappa shape index (κ1) is 18.9. The van der Waals surface area contributed by atoms with Crippen LogP contribution in [0.25, 0.3) is 0 Å². The minimum absolute atomic E-state index is 0.208. The fourth-order valence-corrected chi connectivity index (χ4v) is 4.87. The predicted molar refractivity (Wildman–Crippen MR) is 80.8 cm³/mol. The maximum absolute atomic E-state index is 12.3. The van der Waals surface area contributed by atoms with Gasteiger partial charge in [0.2, 0.25) is 10.0 Å². The molecule has 1 aliphatic rings. The number of carbonyl (C=O) groups is 2. The standard InChI is InChI=1S/C14H25NO6S/c1-3-7-11(12(16)17)15-22(19,20)10-14(13(18)21-2)8-5-4-6-9-14/h11,15H,3-10H2,1-2H3,(H,16,17). The summed E-state index contributed by atoms with van der Waals surface area (Å²) in [4.78, 5) is 23.2. The van der Waals surface area contributed by atoms with Gasteiger partial charge in [-0.1, -0.05) is 32.6 Å². The van der Waals surface area contributed by atoms with Gasteiger partial charge in [0.1, 0.15) is 6.04 Å². The van der Waals surface area contributed by atoms with E-state index in [9.17, 15) is 18.0 Å². The first-order valence-electron chi connectivity index (χ1n) is 7.57. The van der Waals surface area contributed by atoms with Gasteiger partial charge in [-0.3, -0.25) is 9.59 Å². The van der Waals surface area contributed by atoms with Crippen LogP contribution in [0.15, 0.2) is 0 Å². The van der Waals surface area contributed by atoms with Gasteiger partial charge in [-0.15, -0.1) is 0 Å². The highest BCUT2D eigenvalue weighted by Gasteiger charge is 2.44. The predicted octanol–water partition coefficient (Wildman–Crippen LogP) is 1.28. The van der Waals surface area contributed by atoms with Crippen molar-refractivity contribution in [3.8, 4) is 0 Å². The Hall–Kier alpha value is -1.15. The second kappa shape index (κ2) is 7.92. The molecule has 1 fully saturated rings. The molecule has 0 aromatic heterocycles. The third kappa shape index (κ3) is 4.95. The number of aliphatic carboxylic acids is 1. The zero-order valence-electron chi connectivity index (χ0n) is 13.1. The van der Waals surface area contributed by atoms with Crippen molar-refractivity contribution in [3.63, 3.8) is 0 Å². The van der Waals surface area contributed by atoms with Crippen molar-refractivity contribution in [2.45, 2.75) is 57.9 Å². The number of carboxylic acids is 1. The number of hydrogen-bond donors (Lipinski definition) is 2. The van der Waals surface area contributed by atoms with Crippen LogP contribution in [-0.2, 0) is 24.3 Å². The topological polar surface area (TPSA) is 110 Å². The van der Waals surface area contributed by atoms with Crippen molar-refractivity contribution < 1.29 is 27.9 Å². The first-order chi connectivity index (χ1) is 10.3. The second-order valence-corrected chi connectivity index (χ2v) is 7.64. The second-order valence-electron chi connectivity index (χ2n) is 5.89. The summed E-state index contributed by atoms with van der Waals surface area (Å²) in [6, 6.07) is -1.16. The van der Waals surface area contributed by atoms with Crippen LogP contribution in [0.5, 0.6) is 0 Å². The first-order valence-corrected chi connectivity index (χ1v) is 9.23. The summed E-state index contributed by atoms with van der Waals surface area (Å²) in [5.41, 5.74) is -1.06. The van der Waals surface area contributed by atoms with E-state index in [1.54, 1.807) is 6.92 Å². The molecule has 7 nitrogen and oxygen atoms in total. The van der Waals surface area contributed by atoms with Crippen LogP contribution in [0.4, 0.5) is 0 Å². The van der Waals surface area contributed by atoms with Crippen LogP contribution in [0.3, 0.4) is 0 Å². The number of hydrogen-bond acceptors (Lipinski definition) is 5. The lowest BCUT2D eigenvalue weighted by Crippen LogP contribution is -2.48. The molecule has 8 heteroatoms. The Kier molecular flexibility index (Phi) is 6.80. The van der Waals surface area contributed by atoms with Crippen molar-refractivity contribution in [1.82, 2.24) is 4.72 Å². The molecular weight excluding hydrogens is 310 g/mol. The number of rotatable bonds is 8. The fourth-order valence-electron chi connectivity index (χ4n) is 3.00. The Morgan fingerprint density at radius 2 is 1.86 bits per heavy atom. The highest BCUT2D eigenvalue weighted by Crippen LogP contribution is 2.38. The number of carboxylic acid groups (broad SMARTS) is 1. The quantitative estimate of drug-likeness (QED) is 0.647. The Morgan fingerprint density at radius 3 is 2.32 bits per heavy atom. The van der Waals surface area contributed by atoms with E-state index in [0.29, 0.717) is 19.3 Å². The van der Waals surface area contributed by atoms with Crippen LogP contribution >= 0.6 is 0 Å². The largest absolute Gasteiger partial charge is 0.480 e. The fraction of sp³-hybridized carbons (Fsp3) is 0.857. The molecule has 1 atom stereocenters. The monoisotopic (exact) mass is 335 g/mol. The molecule has 1 unspecified atom stereocenters. The maximum atomic E-state index is 12.3. The molecule has 0 aromatic carbocycles. The molecule has 0 aliphatic heterocycles. The van der Waals surface area contributed by atoms with Crippen molar-refractivity contribution >= 4 is 22.0 Å². The van der Waals surface area contributed by atoms with Crippen LogP contribution in [-0.4, -0.2) is 44.4 Å². The molecule has 1 saturated carbocycles. The average Bonchev–Trinajstić information content (AvgIpc) is 2.46. The SMILES string of the molecule is CCCC(NS(=O)(=O)CC1(C(=O)OC)CCCCC1)C(=O)O. The number of nitrogens with one attached hydrogen (secondary N) is 1. The smallest absolute Gasteiger partial charge is 0.321 e. The average molecular weight is 335 g/mol. The molecule has 0 aromatic rings. The Morgan fingerprint density at radius 1 is 1.27 bits per heavy atom. The maximum Gasteiger partial charge on any atom is 0.321 e. The minimum Gasteiger partial charge on any atom is -0.480 e. The van der Waals surface area contributed by atoms with Crippen molar-refractivity contribution in [2.24, 2.45) is 5.41 Å². The molecule has 0 heterocycles. The van der Waals surface area contributed by atoms with Crippen LogP contribution in [0, 0.1) is 5.41 Å². The molecule has 0 radical (unpaired) electrons. The van der Waals surface area contributed by atoms with E-state index < -0.39 is 39.2 Å². The molecule has 22 heavy (non-hydrogen) atoms. The molecule has 1 rings (SSSR count). The third-order valence-electron chi connectivity index (χ3n) is 4.09. The van der Waals surface area contributed by atoms with Gasteiger partial charge in [0.25, 0.3) is 0 Å². The lowest BCUT2D eigenvalue weighted by atomic mass is 9.75. The van der Waals surface area contributed by atoms with E-state index in [1.165, 1.54) is 7.11 Å². The van der Waals surface area contributed by atoms with Gasteiger partial charge in [0.15, 0.2) is 0 Å². The van der Waals surface area contributed by atoms with Gasteiger partial charge in [-0.2, -0.15) is 0 Å². The highest BCUT2D eigenvalue weighted by molar-refractivity contribution is 7.89. The van der Waals surface area contributed by atoms with Gasteiger partial charge in [-0.05, 0) is 19.3 Å². The number of methoxy groups -OCH3 is 1. The summed E-state index contributed by atoms with van der Waals surface area (Å²) >= 11 is 0. The third-order valence-corrected chi connectivity index (χ3v) is 5.67. The van der Waals surface area contributed by atoms with Gasteiger partial charge in [0.05, 0.1) is 18.3 Å². The normalized spacial score (nSPS) is 19.4. The summed E-state index contributed by atoms with van der Waals surface area (Å²) < 4.78 is 31.7. The Balaban J connectivity index is 2.91. The van der Waals surface area contributed by atoms with Gasteiger partial charge >= 0.3 is 11.9 Å². The summed E-state index contributed by atoms with van der Waals surface area (Å²) in [5.74, 6) is -2.15. The van der Waals surface area contributed by atoms with E-state index in [1.807, 2.05) is 0 Å². The summed E-state index contributed by atoms with van der Waals surface area (Å²) in [7, 11) is -2.65. The lowest BCUT2D eigenvalue weighted by molar-refractivity contribution is -0.153. The molecule has 2 N–H and O–H groups in total. The molecule has 0 saturated heterocycles. The van der Waals surface area contributed by atoms with E-state index in [4.69, 9.17) is 9.84 Å². The van der Waals surface area contributed by atoms with Crippen molar-refractivity contribution in [1.29, 1.82) is 0 Å². The van der Waals surface area contributed by atoms with Gasteiger partial charge < -0.3 is 9.84 Å². The summed E-state index contributed by atoms with van der Waals surface area (Å²) in [6.07, 6.45) is 4.14. The van der Waals surface area contributed by atoms with E-state index in [-0.39, 0.29) is 6.42 Å². The van der Waals surface area contributed by atoms with Crippen LogP contribution in [0.2, 0.25) is 0 Å². The van der Waals surface area contributed by atoms with Crippen molar-refractivity contribution in [3.05, 3.63) is 0 Å². The lowest BCUT2D eigenvalue weighted by Gasteiger charge is -2.34. The highest BCUT2D eigenvalue weighted by atomic mass is 32.2. The van der Waals surface area contributed by atoms with E-state index in [0.717, 1.165) is 19.3 Å². The Labute approximate surface area is 131 Å². The zero-order chi connectivity index (χ0) is 16.8. The van der Waals surface area contributed by atoms with E-state index >= 15 is 0 Å². The van der Waals surface area contributed by atoms with Crippen LogP contribution < -0.4 is 4.72 Å². The van der Waals surface area contributed by atoms with Crippen molar-refractivity contribution in [2.75, 3.05) is 12.9 Å². The van der Waals surface area contributed by atoms with Crippen LogP contribution in [0.1, 0.15) is 51.9 Å². The van der Waals surface area contributed by atoms with Gasteiger partial charge in [-0.25, -0.2) is 13.1 Å². The molecule has 0 spiro atoms. The zero-order valence-corrected chi connectivity index (χ0v) is 13.9. The number of ether oxygens (including phenoxy) is 1. The number of sulfonamides is 1. The molecule has 1 aliphatic carbocycles. The van der Waals surface area contributed by atoms with E-state index in [2.05, 4.69) is 4.72 Å². The number of carbonyl (C=O) groups excluding carboxylic acids is 1. The minimum atomic E-state index is -3.89. The summed E-state index contributed by atoms with van der Waals surface area (Å²) in [5, 5.41) is 9.07. The molecule has 0 amide bonds. The number of esters is 1. The van der Waals surface area contributed by atoms with Gasteiger partial charge in [0, 0.05) is 0 Å². The summed E-state index contributed by atoms with van der Waals surface area (Å²) in [6.45, 7) is 1.78. The molecular formula is C14H25NO6S. The Bertz CT molecular complexity index is 495. The molecule has 0 bridgehead atoms. The molecule has 128 valence electrons.